The summed E-state index contributed by atoms with van der Waals surface area (Å²) in [6, 6.07) is 4.85. The first kappa shape index (κ1) is 21.1. The van der Waals surface area contributed by atoms with Crippen LogP contribution in [0.1, 0.15) is 26.3 Å². The minimum Gasteiger partial charge on any atom is -0.444 e. The lowest BCUT2D eigenvalue weighted by molar-refractivity contribution is 0.0240. The number of carbonyl (C=O) groups excluding carboxylic acids is 1. The van der Waals surface area contributed by atoms with E-state index in [0.717, 1.165) is 0 Å². The van der Waals surface area contributed by atoms with Gasteiger partial charge in [0.2, 0.25) is 9.05 Å². The normalized spacial score (nSPS) is 15.3. The lowest BCUT2D eigenvalue weighted by Crippen LogP contribution is -2.50. The van der Waals surface area contributed by atoms with Gasteiger partial charge in [-0.2, -0.15) is 0 Å². The summed E-state index contributed by atoms with van der Waals surface area (Å²) in [7, 11) is 1.59. The molecule has 1 saturated heterocycles. The molecule has 148 valence electrons. The summed E-state index contributed by atoms with van der Waals surface area (Å²) >= 11 is 0. The average molecular weight is 416 g/mol. The summed E-state index contributed by atoms with van der Waals surface area (Å²) in [6.07, 6.45) is -0.362. The van der Waals surface area contributed by atoms with Gasteiger partial charge < -0.3 is 14.5 Å². The Kier molecular flexibility index (Phi) is 6.46. The molecule has 1 heterocycles. The third kappa shape index (κ3) is 6.82. The number of anilines is 1. The van der Waals surface area contributed by atoms with Gasteiger partial charge in [-0.1, -0.05) is 5.11 Å². The fourth-order valence-corrected chi connectivity index (χ4v) is 3.65. The fraction of sp³-hybridized carbons (Fsp3) is 0.562. The van der Waals surface area contributed by atoms with E-state index in [0.29, 0.717) is 43.1 Å². The van der Waals surface area contributed by atoms with Crippen molar-refractivity contribution < 1.29 is 17.9 Å². The number of piperazine rings is 1. The molecule has 2 rings (SSSR count). The SMILES string of the molecule is CC(C)(C)OC(=O)N1CCN(c2cc(CS(=O)(=O)Cl)cc(N=[N+]=[N-])c2)CC1. The summed E-state index contributed by atoms with van der Waals surface area (Å²) in [5, 5.41) is 3.57. The number of ether oxygens (including phenoxy) is 1. The molecular formula is C16H22ClN5O4S. The van der Waals surface area contributed by atoms with Crippen LogP contribution in [0, 0.1) is 0 Å². The van der Waals surface area contributed by atoms with E-state index < -0.39 is 14.7 Å². The number of hydrogen-bond acceptors (Lipinski definition) is 6. The third-order valence-corrected chi connectivity index (χ3v) is 4.76. The van der Waals surface area contributed by atoms with Crippen LogP contribution in [0.15, 0.2) is 23.3 Å². The molecule has 0 bridgehead atoms. The molecule has 0 spiro atoms. The fourth-order valence-electron chi connectivity index (χ4n) is 2.70. The molecule has 0 unspecified atom stereocenters. The summed E-state index contributed by atoms with van der Waals surface area (Å²) in [6.45, 7) is 7.43. The van der Waals surface area contributed by atoms with Gasteiger partial charge in [-0.25, -0.2) is 13.2 Å². The van der Waals surface area contributed by atoms with Crippen molar-refractivity contribution in [2.45, 2.75) is 32.1 Å². The molecule has 1 aromatic rings. The van der Waals surface area contributed by atoms with Gasteiger partial charge in [0.15, 0.2) is 0 Å². The molecule has 1 aliphatic heterocycles. The maximum Gasteiger partial charge on any atom is 0.410 e. The monoisotopic (exact) mass is 415 g/mol. The van der Waals surface area contributed by atoms with E-state index in [1.54, 1.807) is 17.0 Å². The van der Waals surface area contributed by atoms with Crippen LogP contribution in [0.25, 0.3) is 10.4 Å². The number of benzene rings is 1. The molecule has 1 aromatic carbocycles. The van der Waals surface area contributed by atoms with E-state index in [2.05, 4.69) is 10.0 Å². The average Bonchev–Trinajstić information content (AvgIpc) is 2.52. The minimum atomic E-state index is -3.74. The van der Waals surface area contributed by atoms with E-state index in [1.807, 2.05) is 25.7 Å². The Balaban J connectivity index is 2.14. The molecule has 0 atom stereocenters. The van der Waals surface area contributed by atoms with E-state index in [-0.39, 0.29) is 11.8 Å². The van der Waals surface area contributed by atoms with E-state index >= 15 is 0 Å². The standard InChI is InChI=1S/C16H22ClN5O4S/c1-16(2,3)26-15(23)22-6-4-21(5-7-22)14-9-12(11-27(17,24)25)8-13(10-14)19-20-18/h8-10H,4-7,11H2,1-3H3. The smallest absolute Gasteiger partial charge is 0.410 e. The van der Waals surface area contributed by atoms with Crippen molar-refractivity contribution in [1.29, 1.82) is 0 Å². The van der Waals surface area contributed by atoms with Gasteiger partial charge in [0, 0.05) is 53.1 Å². The Hall–Kier alpha value is -2.16. The molecule has 0 N–H and O–H groups in total. The quantitative estimate of drug-likeness (QED) is 0.321. The van der Waals surface area contributed by atoms with Crippen LogP contribution in [0.2, 0.25) is 0 Å². The number of hydrogen-bond donors (Lipinski definition) is 0. The van der Waals surface area contributed by atoms with Gasteiger partial charge in [0.05, 0.1) is 5.75 Å². The van der Waals surface area contributed by atoms with E-state index in [9.17, 15) is 13.2 Å². The first-order valence-electron chi connectivity index (χ1n) is 8.31. The number of halogens is 1. The Labute approximate surface area is 162 Å². The zero-order valence-electron chi connectivity index (χ0n) is 15.4. The molecule has 0 aliphatic carbocycles. The van der Waals surface area contributed by atoms with Crippen LogP contribution in [-0.4, -0.2) is 51.2 Å². The van der Waals surface area contributed by atoms with E-state index in [1.165, 1.54) is 6.07 Å². The molecule has 27 heavy (non-hydrogen) atoms. The molecule has 11 heteroatoms. The number of azide groups is 1. The summed E-state index contributed by atoms with van der Waals surface area (Å²) in [5.41, 5.74) is 9.56. The highest BCUT2D eigenvalue weighted by molar-refractivity contribution is 8.13. The molecule has 1 amide bonds. The molecule has 9 nitrogen and oxygen atoms in total. The van der Waals surface area contributed by atoms with Crippen molar-refractivity contribution in [3.63, 3.8) is 0 Å². The Morgan fingerprint density at radius 1 is 1.26 bits per heavy atom. The van der Waals surface area contributed by atoms with Crippen molar-refractivity contribution in [2.24, 2.45) is 5.11 Å². The molecule has 0 saturated carbocycles. The molecule has 1 aliphatic rings. The second kappa shape index (κ2) is 8.24. The largest absolute Gasteiger partial charge is 0.444 e. The van der Waals surface area contributed by atoms with Crippen molar-refractivity contribution in [3.8, 4) is 0 Å². The second-order valence-electron chi connectivity index (χ2n) is 7.18. The first-order chi connectivity index (χ1) is 12.5. The van der Waals surface area contributed by atoms with Gasteiger partial charge in [-0.05, 0) is 50.1 Å². The lowest BCUT2D eigenvalue weighted by Gasteiger charge is -2.37. The number of carbonyl (C=O) groups is 1. The Morgan fingerprint density at radius 3 is 2.41 bits per heavy atom. The highest BCUT2D eigenvalue weighted by atomic mass is 35.7. The third-order valence-electron chi connectivity index (χ3n) is 3.76. The van der Waals surface area contributed by atoms with Gasteiger partial charge in [-0.15, -0.1) is 0 Å². The van der Waals surface area contributed by atoms with Crippen LogP contribution >= 0.6 is 10.7 Å². The number of nitrogens with zero attached hydrogens (tertiary/aromatic N) is 5. The van der Waals surface area contributed by atoms with Crippen molar-refractivity contribution >= 4 is 37.2 Å². The van der Waals surface area contributed by atoms with Gasteiger partial charge in [0.1, 0.15) is 5.60 Å². The van der Waals surface area contributed by atoms with Crippen LogP contribution in [0.5, 0.6) is 0 Å². The molecule has 1 fully saturated rings. The highest BCUT2D eigenvalue weighted by Gasteiger charge is 2.26. The zero-order chi connectivity index (χ0) is 20.2. The van der Waals surface area contributed by atoms with Gasteiger partial charge in [-0.3, -0.25) is 0 Å². The zero-order valence-corrected chi connectivity index (χ0v) is 17.0. The second-order valence-corrected chi connectivity index (χ2v) is 9.96. The van der Waals surface area contributed by atoms with Crippen LogP contribution in [-0.2, 0) is 19.5 Å². The summed E-state index contributed by atoms with van der Waals surface area (Å²) < 4.78 is 28.1. The number of amides is 1. The predicted molar refractivity (Wildman–Crippen MR) is 104 cm³/mol. The van der Waals surface area contributed by atoms with Crippen molar-refractivity contribution in [3.05, 3.63) is 34.2 Å². The minimum absolute atomic E-state index is 0.305. The van der Waals surface area contributed by atoms with Crippen LogP contribution in [0.4, 0.5) is 16.2 Å². The van der Waals surface area contributed by atoms with Crippen molar-refractivity contribution in [1.82, 2.24) is 4.90 Å². The van der Waals surface area contributed by atoms with Crippen LogP contribution < -0.4 is 4.90 Å². The topological polar surface area (TPSA) is 116 Å². The number of rotatable bonds is 4. The Bertz CT molecular complexity index is 854. The predicted octanol–water partition coefficient (Wildman–Crippen LogP) is 3.75. The lowest BCUT2D eigenvalue weighted by atomic mass is 10.1. The summed E-state index contributed by atoms with van der Waals surface area (Å²) in [5.74, 6) is -0.367. The molecule has 0 radical (unpaired) electrons. The first-order valence-corrected chi connectivity index (χ1v) is 10.8. The van der Waals surface area contributed by atoms with E-state index in [4.69, 9.17) is 21.0 Å². The summed E-state index contributed by atoms with van der Waals surface area (Å²) in [4.78, 5) is 18.5. The van der Waals surface area contributed by atoms with Gasteiger partial charge in [0.25, 0.3) is 0 Å². The molecular weight excluding hydrogens is 394 g/mol. The Morgan fingerprint density at radius 2 is 1.89 bits per heavy atom. The van der Waals surface area contributed by atoms with Gasteiger partial charge >= 0.3 is 6.09 Å². The maximum absolute atomic E-state index is 12.2. The highest BCUT2D eigenvalue weighted by Crippen LogP contribution is 2.27. The molecule has 0 aromatic heterocycles. The van der Waals surface area contributed by atoms with Crippen molar-refractivity contribution in [2.75, 3.05) is 31.1 Å². The maximum atomic E-state index is 12.2. The van der Waals surface area contributed by atoms with Crippen LogP contribution in [0.3, 0.4) is 0 Å².